The van der Waals surface area contributed by atoms with E-state index in [9.17, 15) is 29.4 Å². The Morgan fingerprint density at radius 2 is 1.67 bits per heavy atom. The number of carboxylic acids is 2. The summed E-state index contributed by atoms with van der Waals surface area (Å²) in [5.74, 6) is -5.22. The first-order chi connectivity index (χ1) is 9.42. The van der Waals surface area contributed by atoms with Crippen LogP contribution in [-0.2, 0) is 19.2 Å². The molecule has 1 aliphatic heterocycles. The molecule has 7 heteroatoms. The zero-order valence-electron chi connectivity index (χ0n) is 12.8. The van der Waals surface area contributed by atoms with E-state index in [4.69, 9.17) is 0 Å². The van der Waals surface area contributed by atoms with E-state index in [0.29, 0.717) is 11.3 Å². The molecule has 1 fully saturated rings. The molecule has 3 atom stereocenters. The van der Waals surface area contributed by atoms with Crippen LogP contribution in [-0.4, -0.2) is 50.3 Å². The van der Waals surface area contributed by atoms with E-state index in [0.717, 1.165) is 0 Å². The smallest absolute Gasteiger partial charge is 0.329 e. The summed E-state index contributed by atoms with van der Waals surface area (Å²) in [6.07, 6.45) is 0.391. The Hall–Kier alpha value is -1.92. The van der Waals surface area contributed by atoms with Gasteiger partial charge in [0, 0.05) is 11.3 Å². The molecule has 1 unspecified atom stereocenters. The first-order valence-electron chi connectivity index (χ1n) is 6.77. The molecule has 1 saturated heterocycles. The SMILES string of the molecule is CCC(C)(C)C(=O)C(=O)N1[C@H](C(=O)O)C(C)[C@@]1(C)C(=O)O. The maximum absolute atomic E-state index is 12.4. The van der Waals surface area contributed by atoms with Gasteiger partial charge in [-0.3, -0.25) is 9.59 Å². The minimum atomic E-state index is -1.68. The van der Waals surface area contributed by atoms with E-state index in [1.807, 2.05) is 0 Å². The molecule has 7 nitrogen and oxygen atoms in total. The molecule has 0 aliphatic carbocycles. The highest BCUT2D eigenvalue weighted by Crippen LogP contribution is 2.43. The summed E-state index contributed by atoms with van der Waals surface area (Å²) >= 11 is 0. The van der Waals surface area contributed by atoms with Gasteiger partial charge in [0.2, 0.25) is 5.78 Å². The first-order valence-corrected chi connectivity index (χ1v) is 6.77. The molecular formula is C14H21NO6. The summed E-state index contributed by atoms with van der Waals surface area (Å²) in [6, 6.07) is -1.30. The average Bonchev–Trinajstić information content (AvgIpc) is 2.40. The summed E-state index contributed by atoms with van der Waals surface area (Å²) in [7, 11) is 0. The van der Waals surface area contributed by atoms with Crippen LogP contribution in [0.2, 0.25) is 0 Å². The second-order valence-corrected chi connectivity index (χ2v) is 6.27. The Morgan fingerprint density at radius 1 is 1.19 bits per heavy atom. The number of hydrogen-bond acceptors (Lipinski definition) is 4. The predicted octanol–water partition coefficient (Wildman–Crippen LogP) is 0.767. The van der Waals surface area contributed by atoms with Crippen LogP contribution in [0.15, 0.2) is 0 Å². The number of carbonyl (C=O) groups is 4. The number of hydrogen-bond donors (Lipinski definition) is 2. The largest absolute Gasteiger partial charge is 0.480 e. The summed E-state index contributed by atoms with van der Waals surface area (Å²) in [5.41, 5.74) is -2.64. The van der Waals surface area contributed by atoms with Gasteiger partial charge in [-0.2, -0.15) is 0 Å². The second kappa shape index (κ2) is 5.13. The molecule has 0 bridgehead atoms. The number of aliphatic carboxylic acids is 2. The van der Waals surface area contributed by atoms with Gasteiger partial charge in [-0.1, -0.05) is 27.7 Å². The highest BCUT2D eigenvalue weighted by Gasteiger charge is 2.66. The molecule has 1 heterocycles. The van der Waals surface area contributed by atoms with Crippen LogP contribution >= 0.6 is 0 Å². The third-order valence-corrected chi connectivity index (χ3v) is 4.74. The minimum absolute atomic E-state index is 0.391. The monoisotopic (exact) mass is 299 g/mol. The van der Waals surface area contributed by atoms with Crippen molar-refractivity contribution in [2.75, 3.05) is 0 Å². The Balaban J connectivity index is 3.23. The molecule has 0 radical (unpaired) electrons. The summed E-state index contributed by atoms with van der Waals surface area (Å²) in [6.45, 7) is 7.60. The topological polar surface area (TPSA) is 112 Å². The van der Waals surface area contributed by atoms with Gasteiger partial charge >= 0.3 is 11.9 Å². The van der Waals surface area contributed by atoms with E-state index in [1.54, 1.807) is 20.8 Å². The lowest BCUT2D eigenvalue weighted by molar-refractivity contribution is -0.199. The maximum atomic E-state index is 12.4. The number of amides is 1. The second-order valence-electron chi connectivity index (χ2n) is 6.27. The van der Waals surface area contributed by atoms with E-state index < -0.39 is 46.5 Å². The fourth-order valence-corrected chi connectivity index (χ4v) is 2.48. The van der Waals surface area contributed by atoms with Crippen LogP contribution in [0.4, 0.5) is 0 Å². The standard InChI is InChI=1S/C14H21NO6/c1-6-13(3,4)9(16)10(17)15-8(11(18)19)7(2)14(15,5)12(20)21/h7-8H,6H2,1-5H3,(H,18,19)(H,20,21)/t7?,8-,14-/m0/s1. The fraction of sp³-hybridized carbons (Fsp3) is 0.714. The Kier molecular flexibility index (Phi) is 4.18. The van der Waals surface area contributed by atoms with Crippen LogP contribution in [0.1, 0.15) is 41.0 Å². The van der Waals surface area contributed by atoms with Crippen molar-refractivity contribution in [3.63, 3.8) is 0 Å². The van der Waals surface area contributed by atoms with Gasteiger partial charge in [0.15, 0.2) is 0 Å². The zero-order valence-corrected chi connectivity index (χ0v) is 12.8. The number of carboxylic acid groups (broad SMARTS) is 2. The van der Waals surface area contributed by atoms with Crippen molar-refractivity contribution < 1.29 is 29.4 Å². The normalized spacial score (nSPS) is 28.7. The molecule has 0 spiro atoms. The lowest BCUT2D eigenvalue weighted by Gasteiger charge is -2.56. The molecule has 21 heavy (non-hydrogen) atoms. The number of nitrogens with zero attached hydrogens (tertiary/aromatic N) is 1. The molecule has 0 aromatic heterocycles. The third-order valence-electron chi connectivity index (χ3n) is 4.74. The van der Waals surface area contributed by atoms with Crippen molar-refractivity contribution in [1.82, 2.24) is 4.90 Å². The van der Waals surface area contributed by atoms with E-state index in [2.05, 4.69) is 0 Å². The van der Waals surface area contributed by atoms with Crippen LogP contribution < -0.4 is 0 Å². The third kappa shape index (κ3) is 2.30. The number of carbonyl (C=O) groups excluding carboxylic acids is 2. The quantitative estimate of drug-likeness (QED) is 0.725. The van der Waals surface area contributed by atoms with Gasteiger partial charge in [0.1, 0.15) is 11.6 Å². The van der Waals surface area contributed by atoms with Crippen molar-refractivity contribution >= 4 is 23.6 Å². The predicted molar refractivity (Wildman–Crippen MR) is 72.6 cm³/mol. The molecule has 1 rings (SSSR count). The minimum Gasteiger partial charge on any atom is -0.480 e. The molecule has 0 aromatic rings. The molecule has 0 aromatic carbocycles. The van der Waals surface area contributed by atoms with Gasteiger partial charge < -0.3 is 15.1 Å². The van der Waals surface area contributed by atoms with Crippen molar-refractivity contribution in [3.8, 4) is 0 Å². The van der Waals surface area contributed by atoms with Crippen LogP contribution in [0.5, 0.6) is 0 Å². The average molecular weight is 299 g/mol. The van der Waals surface area contributed by atoms with E-state index in [-0.39, 0.29) is 0 Å². The molecule has 1 aliphatic rings. The number of ketones is 1. The zero-order chi connectivity index (χ0) is 16.7. The first kappa shape index (κ1) is 17.1. The molecule has 0 saturated carbocycles. The van der Waals surface area contributed by atoms with Gasteiger partial charge in [0.05, 0.1) is 0 Å². The highest BCUT2D eigenvalue weighted by atomic mass is 16.4. The van der Waals surface area contributed by atoms with E-state index in [1.165, 1.54) is 13.8 Å². The summed E-state index contributed by atoms with van der Waals surface area (Å²) in [4.78, 5) is 48.0. The summed E-state index contributed by atoms with van der Waals surface area (Å²) in [5, 5.41) is 18.5. The molecule has 1 amide bonds. The highest BCUT2D eigenvalue weighted by molar-refractivity contribution is 6.39. The molecule has 118 valence electrons. The number of Topliss-reactive ketones (excluding diaryl/α,β-unsaturated/α-hetero) is 1. The fourth-order valence-electron chi connectivity index (χ4n) is 2.48. The van der Waals surface area contributed by atoms with Crippen molar-refractivity contribution in [2.24, 2.45) is 11.3 Å². The van der Waals surface area contributed by atoms with Gasteiger partial charge in [0.25, 0.3) is 5.91 Å². The lowest BCUT2D eigenvalue weighted by Crippen LogP contribution is -2.78. The van der Waals surface area contributed by atoms with Gasteiger partial charge in [-0.15, -0.1) is 0 Å². The van der Waals surface area contributed by atoms with Crippen LogP contribution in [0.25, 0.3) is 0 Å². The van der Waals surface area contributed by atoms with Crippen molar-refractivity contribution in [2.45, 2.75) is 52.6 Å². The molecular weight excluding hydrogens is 278 g/mol. The van der Waals surface area contributed by atoms with Gasteiger partial charge in [-0.05, 0) is 13.3 Å². The number of likely N-dealkylation sites (tertiary alicyclic amines) is 1. The lowest BCUT2D eigenvalue weighted by atomic mass is 9.68. The van der Waals surface area contributed by atoms with Crippen molar-refractivity contribution in [3.05, 3.63) is 0 Å². The van der Waals surface area contributed by atoms with Crippen LogP contribution in [0.3, 0.4) is 0 Å². The summed E-state index contributed by atoms with van der Waals surface area (Å²) < 4.78 is 0. The Morgan fingerprint density at radius 3 is 2.00 bits per heavy atom. The molecule has 2 N–H and O–H groups in total. The Bertz CT molecular complexity index is 512. The Labute approximate surface area is 122 Å². The van der Waals surface area contributed by atoms with Crippen molar-refractivity contribution in [1.29, 1.82) is 0 Å². The van der Waals surface area contributed by atoms with Crippen LogP contribution in [0, 0.1) is 11.3 Å². The van der Waals surface area contributed by atoms with E-state index >= 15 is 0 Å². The maximum Gasteiger partial charge on any atom is 0.329 e. The number of rotatable bonds is 5. The van der Waals surface area contributed by atoms with Gasteiger partial charge in [-0.25, -0.2) is 9.59 Å².